The zero-order valence-corrected chi connectivity index (χ0v) is 11.7. The van der Waals surface area contributed by atoms with Crippen molar-refractivity contribution in [1.82, 2.24) is 5.32 Å². The van der Waals surface area contributed by atoms with Crippen LogP contribution in [0.1, 0.15) is 24.0 Å². The SMILES string of the molecule is CNC(COc1cc(C)cc(C)c1)(C(=O)O)C1CC1. The fourth-order valence-corrected chi connectivity index (χ4v) is 2.53. The summed E-state index contributed by atoms with van der Waals surface area (Å²) in [5, 5.41) is 12.4. The van der Waals surface area contributed by atoms with E-state index in [0.29, 0.717) is 0 Å². The summed E-state index contributed by atoms with van der Waals surface area (Å²) in [5.74, 6) is 0.0711. The molecule has 0 spiro atoms. The van der Waals surface area contributed by atoms with Crippen LogP contribution in [0, 0.1) is 19.8 Å². The van der Waals surface area contributed by atoms with Crippen molar-refractivity contribution >= 4 is 5.97 Å². The molecule has 1 aliphatic rings. The first-order valence-corrected chi connectivity index (χ1v) is 6.61. The number of ether oxygens (including phenoxy) is 1. The number of hydrogen-bond donors (Lipinski definition) is 2. The molecule has 0 radical (unpaired) electrons. The maximum atomic E-state index is 11.5. The van der Waals surface area contributed by atoms with Crippen LogP contribution in [0.15, 0.2) is 18.2 Å². The Morgan fingerprint density at radius 2 is 1.95 bits per heavy atom. The Bertz CT molecular complexity index is 462. The fraction of sp³-hybridized carbons (Fsp3) is 0.533. The van der Waals surface area contributed by atoms with E-state index in [1.54, 1.807) is 7.05 Å². The van der Waals surface area contributed by atoms with E-state index in [0.717, 1.165) is 29.7 Å². The molecule has 1 unspecified atom stereocenters. The molecule has 104 valence electrons. The van der Waals surface area contributed by atoms with Crippen molar-refractivity contribution in [3.8, 4) is 5.75 Å². The molecule has 1 aromatic rings. The van der Waals surface area contributed by atoms with Gasteiger partial charge in [-0.15, -0.1) is 0 Å². The van der Waals surface area contributed by atoms with Crippen molar-refractivity contribution < 1.29 is 14.6 Å². The Morgan fingerprint density at radius 3 is 2.37 bits per heavy atom. The predicted octanol–water partition coefficient (Wildman–Crippen LogP) is 2.14. The van der Waals surface area contributed by atoms with Crippen LogP contribution in [0.2, 0.25) is 0 Å². The molecule has 1 aromatic carbocycles. The van der Waals surface area contributed by atoms with Gasteiger partial charge in [-0.25, -0.2) is 0 Å². The van der Waals surface area contributed by atoms with Gasteiger partial charge < -0.3 is 15.2 Å². The van der Waals surface area contributed by atoms with E-state index >= 15 is 0 Å². The molecule has 0 amide bonds. The third-order valence-corrected chi connectivity index (χ3v) is 3.76. The lowest BCUT2D eigenvalue weighted by molar-refractivity contribution is -0.147. The Morgan fingerprint density at radius 1 is 1.37 bits per heavy atom. The Balaban J connectivity index is 2.12. The minimum Gasteiger partial charge on any atom is -0.491 e. The van der Waals surface area contributed by atoms with Gasteiger partial charge in [0.25, 0.3) is 0 Å². The number of nitrogens with one attached hydrogen (secondary N) is 1. The molecular formula is C15H21NO3. The largest absolute Gasteiger partial charge is 0.491 e. The summed E-state index contributed by atoms with van der Waals surface area (Å²) in [4.78, 5) is 11.5. The summed E-state index contributed by atoms with van der Waals surface area (Å²) < 4.78 is 5.74. The normalized spacial score (nSPS) is 17.8. The zero-order valence-electron chi connectivity index (χ0n) is 11.7. The van der Waals surface area contributed by atoms with Gasteiger partial charge in [-0.3, -0.25) is 4.79 Å². The number of carboxylic acid groups (broad SMARTS) is 1. The van der Waals surface area contributed by atoms with Crippen LogP contribution in [0.5, 0.6) is 5.75 Å². The topological polar surface area (TPSA) is 58.6 Å². The maximum absolute atomic E-state index is 11.5. The van der Waals surface area contributed by atoms with E-state index in [-0.39, 0.29) is 12.5 Å². The van der Waals surface area contributed by atoms with Gasteiger partial charge in [0.05, 0.1) is 0 Å². The molecule has 0 bridgehead atoms. The number of aryl methyl sites for hydroxylation is 2. The molecule has 1 aliphatic carbocycles. The molecule has 4 heteroatoms. The smallest absolute Gasteiger partial charge is 0.327 e. The van der Waals surface area contributed by atoms with Crippen LogP contribution in [0.25, 0.3) is 0 Å². The van der Waals surface area contributed by atoms with Crippen molar-refractivity contribution in [3.63, 3.8) is 0 Å². The molecule has 1 atom stereocenters. The van der Waals surface area contributed by atoms with Gasteiger partial charge in [0.15, 0.2) is 5.54 Å². The average molecular weight is 263 g/mol. The minimum atomic E-state index is -0.961. The second-order valence-corrected chi connectivity index (χ2v) is 5.41. The van der Waals surface area contributed by atoms with Crippen LogP contribution < -0.4 is 10.1 Å². The molecule has 1 fully saturated rings. The first-order valence-electron chi connectivity index (χ1n) is 6.61. The van der Waals surface area contributed by atoms with Crippen LogP contribution in [-0.4, -0.2) is 30.3 Å². The summed E-state index contributed by atoms with van der Waals surface area (Å²) in [5.41, 5.74) is 1.27. The second-order valence-electron chi connectivity index (χ2n) is 5.41. The number of rotatable bonds is 6. The van der Waals surface area contributed by atoms with Crippen molar-refractivity contribution in [2.75, 3.05) is 13.7 Å². The van der Waals surface area contributed by atoms with Gasteiger partial charge in [0, 0.05) is 0 Å². The summed E-state index contributed by atoms with van der Waals surface area (Å²) in [6.45, 7) is 4.17. The van der Waals surface area contributed by atoms with Crippen LogP contribution in [0.3, 0.4) is 0 Å². The highest BCUT2D eigenvalue weighted by molar-refractivity contribution is 5.80. The van der Waals surface area contributed by atoms with Crippen LogP contribution in [-0.2, 0) is 4.79 Å². The molecule has 0 heterocycles. The number of carboxylic acids is 1. The first kappa shape index (κ1) is 13.9. The summed E-state index contributed by atoms with van der Waals surface area (Å²) in [6.07, 6.45) is 1.90. The molecule has 2 N–H and O–H groups in total. The zero-order chi connectivity index (χ0) is 14.0. The van der Waals surface area contributed by atoms with E-state index in [1.165, 1.54) is 0 Å². The van der Waals surface area contributed by atoms with E-state index < -0.39 is 11.5 Å². The lowest BCUT2D eigenvalue weighted by atomic mass is 9.94. The van der Waals surface area contributed by atoms with Gasteiger partial charge in [0.1, 0.15) is 12.4 Å². The van der Waals surface area contributed by atoms with Gasteiger partial charge in [-0.05, 0) is 62.9 Å². The van der Waals surface area contributed by atoms with Gasteiger partial charge in [0.2, 0.25) is 0 Å². The standard InChI is InChI=1S/C15H21NO3/c1-10-6-11(2)8-13(7-10)19-9-15(16-3,14(17)18)12-4-5-12/h6-8,12,16H,4-5,9H2,1-3H3,(H,17,18). The van der Waals surface area contributed by atoms with Gasteiger partial charge >= 0.3 is 5.97 Å². The van der Waals surface area contributed by atoms with Crippen LogP contribution >= 0.6 is 0 Å². The quantitative estimate of drug-likeness (QED) is 0.825. The highest BCUT2D eigenvalue weighted by Crippen LogP contribution is 2.40. The highest BCUT2D eigenvalue weighted by Gasteiger charge is 2.51. The van der Waals surface area contributed by atoms with E-state index in [2.05, 4.69) is 11.4 Å². The first-order chi connectivity index (χ1) is 8.98. The molecule has 1 saturated carbocycles. The monoisotopic (exact) mass is 263 g/mol. The van der Waals surface area contributed by atoms with Crippen LogP contribution in [0.4, 0.5) is 0 Å². The fourth-order valence-electron chi connectivity index (χ4n) is 2.53. The molecule has 2 rings (SSSR count). The summed E-state index contributed by atoms with van der Waals surface area (Å²) >= 11 is 0. The van der Waals surface area contributed by atoms with E-state index in [1.807, 2.05) is 26.0 Å². The van der Waals surface area contributed by atoms with Gasteiger partial charge in [-0.2, -0.15) is 0 Å². The average Bonchev–Trinajstić information content (AvgIpc) is 3.13. The summed E-state index contributed by atoms with van der Waals surface area (Å²) in [7, 11) is 1.69. The molecule has 0 aromatic heterocycles. The Hall–Kier alpha value is -1.55. The number of carbonyl (C=O) groups is 1. The third kappa shape index (κ3) is 2.89. The predicted molar refractivity (Wildman–Crippen MR) is 73.6 cm³/mol. The number of benzene rings is 1. The molecule has 4 nitrogen and oxygen atoms in total. The second kappa shape index (κ2) is 5.21. The minimum absolute atomic E-state index is 0.159. The van der Waals surface area contributed by atoms with Crippen molar-refractivity contribution in [3.05, 3.63) is 29.3 Å². The highest BCUT2D eigenvalue weighted by atomic mass is 16.5. The Kier molecular flexibility index (Phi) is 3.80. The molecule has 0 aliphatic heterocycles. The molecular weight excluding hydrogens is 242 g/mol. The number of hydrogen-bond acceptors (Lipinski definition) is 3. The maximum Gasteiger partial charge on any atom is 0.327 e. The molecule has 19 heavy (non-hydrogen) atoms. The Labute approximate surface area is 113 Å². The van der Waals surface area contributed by atoms with Crippen molar-refractivity contribution in [2.24, 2.45) is 5.92 Å². The lowest BCUT2D eigenvalue weighted by Gasteiger charge is -2.29. The molecule has 0 saturated heterocycles. The van der Waals surface area contributed by atoms with Gasteiger partial charge in [-0.1, -0.05) is 6.07 Å². The van der Waals surface area contributed by atoms with Crippen molar-refractivity contribution in [2.45, 2.75) is 32.2 Å². The van der Waals surface area contributed by atoms with E-state index in [4.69, 9.17) is 4.74 Å². The van der Waals surface area contributed by atoms with Crippen molar-refractivity contribution in [1.29, 1.82) is 0 Å². The number of likely N-dealkylation sites (N-methyl/N-ethyl adjacent to an activating group) is 1. The third-order valence-electron chi connectivity index (χ3n) is 3.76. The van der Waals surface area contributed by atoms with E-state index in [9.17, 15) is 9.90 Å². The number of aliphatic carboxylic acids is 1. The summed E-state index contributed by atoms with van der Waals surface area (Å²) in [6, 6.07) is 5.93. The lowest BCUT2D eigenvalue weighted by Crippen LogP contribution is -2.56.